The van der Waals surface area contributed by atoms with E-state index >= 15 is 0 Å². The summed E-state index contributed by atoms with van der Waals surface area (Å²) in [7, 11) is 1.95. The normalized spacial score (nSPS) is 26.1. The molecule has 1 aromatic carbocycles. The minimum absolute atomic E-state index is 0.0442. The Morgan fingerprint density at radius 2 is 2.17 bits per heavy atom. The molecule has 18 heavy (non-hydrogen) atoms. The van der Waals surface area contributed by atoms with E-state index in [0.29, 0.717) is 0 Å². The van der Waals surface area contributed by atoms with Gasteiger partial charge in [-0.25, -0.2) is 0 Å². The van der Waals surface area contributed by atoms with Crippen molar-refractivity contribution in [1.82, 2.24) is 10.2 Å². The Morgan fingerprint density at radius 1 is 1.33 bits per heavy atom. The Morgan fingerprint density at radius 3 is 2.94 bits per heavy atom. The Kier molecular flexibility index (Phi) is 3.08. The second kappa shape index (κ2) is 4.73. The van der Waals surface area contributed by atoms with Crippen LogP contribution in [0, 0.1) is 0 Å². The van der Waals surface area contributed by atoms with E-state index < -0.39 is 0 Å². The summed E-state index contributed by atoms with van der Waals surface area (Å²) in [6.07, 6.45) is 4.26. The third kappa shape index (κ3) is 1.93. The summed E-state index contributed by atoms with van der Waals surface area (Å²) >= 11 is 0. The number of rotatable bonds is 2. The lowest BCUT2D eigenvalue weighted by molar-refractivity contribution is -0.134. The number of amides is 1. The van der Waals surface area contributed by atoms with Crippen LogP contribution in [0.4, 0.5) is 0 Å². The van der Waals surface area contributed by atoms with Gasteiger partial charge < -0.3 is 10.2 Å². The van der Waals surface area contributed by atoms with Crippen molar-refractivity contribution in [3.63, 3.8) is 0 Å². The summed E-state index contributed by atoms with van der Waals surface area (Å²) in [5.74, 6) is 0.259. The first-order valence-corrected chi connectivity index (χ1v) is 6.85. The van der Waals surface area contributed by atoms with Crippen LogP contribution in [0.2, 0.25) is 0 Å². The second-order valence-corrected chi connectivity index (χ2v) is 5.35. The van der Waals surface area contributed by atoms with Crippen molar-refractivity contribution in [2.45, 2.75) is 37.8 Å². The highest BCUT2D eigenvalue weighted by molar-refractivity contribution is 5.82. The second-order valence-electron chi connectivity index (χ2n) is 5.35. The number of fused-ring (bicyclic) bond motifs is 1. The zero-order chi connectivity index (χ0) is 12.5. The van der Waals surface area contributed by atoms with E-state index in [1.165, 1.54) is 11.1 Å². The van der Waals surface area contributed by atoms with Gasteiger partial charge in [-0.15, -0.1) is 0 Å². The maximum absolute atomic E-state index is 12.4. The lowest BCUT2D eigenvalue weighted by Crippen LogP contribution is -2.42. The van der Waals surface area contributed by atoms with Crippen LogP contribution in [0.3, 0.4) is 0 Å². The molecule has 2 atom stereocenters. The van der Waals surface area contributed by atoms with Crippen LogP contribution in [0.5, 0.6) is 0 Å². The third-order valence-corrected chi connectivity index (χ3v) is 4.27. The van der Waals surface area contributed by atoms with Gasteiger partial charge in [0.05, 0.1) is 12.1 Å². The topological polar surface area (TPSA) is 32.3 Å². The van der Waals surface area contributed by atoms with Gasteiger partial charge in [-0.2, -0.15) is 0 Å². The Hall–Kier alpha value is -1.35. The van der Waals surface area contributed by atoms with Crippen LogP contribution < -0.4 is 5.32 Å². The van der Waals surface area contributed by atoms with E-state index in [-0.39, 0.29) is 18.0 Å². The van der Waals surface area contributed by atoms with Crippen molar-refractivity contribution in [1.29, 1.82) is 0 Å². The maximum Gasteiger partial charge on any atom is 0.239 e. The molecule has 1 N–H and O–H groups in total. The minimum Gasteiger partial charge on any atom is -0.337 e. The molecule has 1 heterocycles. The van der Waals surface area contributed by atoms with Crippen molar-refractivity contribution in [3.05, 3.63) is 35.4 Å². The standard InChI is InChI=1S/C15H20N2O/c1-17(15(18)13-7-4-10-16-13)14-9-8-11-5-2-3-6-12(11)14/h2-3,5-6,13-14,16H,4,7-10H2,1H3. The van der Waals surface area contributed by atoms with Crippen LogP contribution in [-0.4, -0.2) is 30.4 Å². The van der Waals surface area contributed by atoms with Crippen molar-refractivity contribution >= 4 is 5.91 Å². The fourth-order valence-corrected chi connectivity index (χ4v) is 3.23. The Labute approximate surface area is 108 Å². The number of nitrogens with one attached hydrogen (secondary N) is 1. The molecule has 1 aliphatic heterocycles. The van der Waals surface area contributed by atoms with Crippen molar-refractivity contribution in [3.8, 4) is 0 Å². The van der Waals surface area contributed by atoms with E-state index in [2.05, 4.69) is 29.6 Å². The fraction of sp³-hybridized carbons (Fsp3) is 0.533. The van der Waals surface area contributed by atoms with Crippen LogP contribution in [-0.2, 0) is 11.2 Å². The first-order chi connectivity index (χ1) is 8.77. The smallest absolute Gasteiger partial charge is 0.239 e. The highest BCUT2D eigenvalue weighted by Crippen LogP contribution is 2.35. The van der Waals surface area contributed by atoms with E-state index in [9.17, 15) is 4.79 Å². The van der Waals surface area contributed by atoms with Gasteiger partial charge >= 0.3 is 0 Å². The number of carbonyl (C=O) groups is 1. The van der Waals surface area contributed by atoms with Gasteiger partial charge in [0.2, 0.25) is 5.91 Å². The molecular formula is C15H20N2O. The maximum atomic E-state index is 12.4. The summed E-state index contributed by atoms with van der Waals surface area (Å²) in [4.78, 5) is 14.4. The Bertz CT molecular complexity index is 452. The summed E-state index contributed by atoms with van der Waals surface area (Å²) in [5.41, 5.74) is 2.74. The molecule has 0 radical (unpaired) electrons. The van der Waals surface area contributed by atoms with E-state index in [4.69, 9.17) is 0 Å². The lowest BCUT2D eigenvalue weighted by atomic mass is 10.1. The number of benzene rings is 1. The van der Waals surface area contributed by atoms with Crippen molar-refractivity contribution in [2.75, 3.05) is 13.6 Å². The zero-order valence-electron chi connectivity index (χ0n) is 10.9. The molecule has 3 nitrogen and oxygen atoms in total. The molecule has 1 aromatic rings. The molecule has 0 bridgehead atoms. The predicted molar refractivity (Wildman–Crippen MR) is 71.3 cm³/mol. The first kappa shape index (κ1) is 11.7. The van der Waals surface area contributed by atoms with E-state index in [0.717, 1.165) is 32.2 Å². The molecular weight excluding hydrogens is 224 g/mol. The summed E-state index contributed by atoms with van der Waals surface area (Å²) in [5, 5.41) is 3.29. The molecule has 1 aliphatic carbocycles. The molecule has 3 rings (SSSR count). The van der Waals surface area contributed by atoms with E-state index in [1.54, 1.807) is 0 Å². The average Bonchev–Trinajstić information content (AvgIpc) is 3.06. The van der Waals surface area contributed by atoms with Gasteiger partial charge in [-0.1, -0.05) is 24.3 Å². The average molecular weight is 244 g/mol. The number of nitrogens with zero attached hydrogens (tertiary/aromatic N) is 1. The molecule has 2 unspecified atom stereocenters. The summed E-state index contributed by atoms with van der Waals surface area (Å²) < 4.78 is 0. The molecule has 1 amide bonds. The number of hydrogen-bond acceptors (Lipinski definition) is 2. The van der Waals surface area contributed by atoms with Gasteiger partial charge in [0, 0.05) is 7.05 Å². The van der Waals surface area contributed by atoms with E-state index in [1.807, 2.05) is 11.9 Å². The zero-order valence-corrected chi connectivity index (χ0v) is 10.9. The summed E-state index contributed by atoms with van der Waals surface area (Å²) in [6, 6.07) is 8.82. The fourth-order valence-electron chi connectivity index (χ4n) is 3.23. The van der Waals surface area contributed by atoms with Gasteiger partial charge in [0.25, 0.3) is 0 Å². The van der Waals surface area contributed by atoms with Gasteiger partial charge in [0.15, 0.2) is 0 Å². The van der Waals surface area contributed by atoms with Crippen LogP contribution in [0.25, 0.3) is 0 Å². The quantitative estimate of drug-likeness (QED) is 0.861. The molecule has 2 aliphatic rings. The summed E-state index contributed by atoms with van der Waals surface area (Å²) in [6.45, 7) is 0.978. The van der Waals surface area contributed by atoms with Crippen molar-refractivity contribution < 1.29 is 4.79 Å². The molecule has 0 aromatic heterocycles. The van der Waals surface area contributed by atoms with Gasteiger partial charge in [0.1, 0.15) is 0 Å². The number of likely N-dealkylation sites (N-methyl/N-ethyl adjacent to an activating group) is 1. The monoisotopic (exact) mass is 244 g/mol. The Balaban J connectivity index is 1.77. The highest BCUT2D eigenvalue weighted by Gasteiger charge is 2.32. The van der Waals surface area contributed by atoms with Crippen LogP contribution in [0.15, 0.2) is 24.3 Å². The molecule has 1 fully saturated rings. The third-order valence-electron chi connectivity index (χ3n) is 4.27. The molecule has 0 spiro atoms. The largest absolute Gasteiger partial charge is 0.337 e. The number of carbonyl (C=O) groups excluding carboxylic acids is 1. The lowest BCUT2D eigenvalue weighted by Gasteiger charge is -2.28. The number of hydrogen-bond donors (Lipinski definition) is 1. The van der Waals surface area contributed by atoms with Crippen LogP contribution >= 0.6 is 0 Å². The van der Waals surface area contributed by atoms with Crippen molar-refractivity contribution in [2.24, 2.45) is 0 Å². The molecule has 1 saturated heterocycles. The molecule has 3 heteroatoms. The first-order valence-electron chi connectivity index (χ1n) is 6.85. The van der Waals surface area contributed by atoms with Crippen LogP contribution in [0.1, 0.15) is 36.4 Å². The predicted octanol–water partition coefficient (Wildman–Crippen LogP) is 1.88. The molecule has 0 saturated carbocycles. The molecule has 96 valence electrons. The highest BCUT2D eigenvalue weighted by atomic mass is 16.2. The van der Waals surface area contributed by atoms with Gasteiger partial charge in [-0.05, 0) is 43.4 Å². The van der Waals surface area contributed by atoms with Gasteiger partial charge in [-0.3, -0.25) is 4.79 Å². The SMILES string of the molecule is CN(C(=O)C1CCCN1)C1CCc2ccccc21. The number of aryl methyl sites for hydroxylation is 1. The minimum atomic E-state index is 0.0442.